The van der Waals surface area contributed by atoms with E-state index in [9.17, 15) is 9.59 Å². The van der Waals surface area contributed by atoms with Gasteiger partial charge in [-0.3, -0.25) is 9.59 Å². The Labute approximate surface area is 187 Å². The zero-order valence-electron chi connectivity index (χ0n) is 17.6. The van der Waals surface area contributed by atoms with Crippen LogP contribution in [0.25, 0.3) is 0 Å². The first-order valence-corrected chi connectivity index (χ1v) is 11.1. The van der Waals surface area contributed by atoms with Crippen LogP contribution in [-0.2, 0) is 4.79 Å². The number of carbonyl (C=O) groups is 2. The van der Waals surface area contributed by atoms with Gasteiger partial charge in [0.05, 0.1) is 5.41 Å². The molecule has 5 rings (SSSR count). The van der Waals surface area contributed by atoms with Crippen molar-refractivity contribution in [1.82, 2.24) is 19.8 Å². The van der Waals surface area contributed by atoms with E-state index in [2.05, 4.69) is 14.9 Å². The zero-order chi connectivity index (χ0) is 21.6. The quantitative estimate of drug-likeness (QED) is 0.719. The summed E-state index contributed by atoms with van der Waals surface area (Å²) in [4.78, 5) is 41.3. The van der Waals surface area contributed by atoms with Crippen molar-refractivity contribution in [3.8, 4) is 0 Å². The molecule has 0 radical (unpaired) electrons. The minimum Gasteiger partial charge on any atom is -0.345 e. The van der Waals surface area contributed by atoms with Crippen LogP contribution in [0.4, 0.5) is 5.95 Å². The first-order chi connectivity index (χ1) is 14.9. The molecule has 0 aliphatic carbocycles. The topological polar surface area (TPSA) is 69.6 Å². The van der Waals surface area contributed by atoms with Crippen molar-refractivity contribution < 1.29 is 9.59 Å². The third-order valence-electron chi connectivity index (χ3n) is 7.53. The third kappa shape index (κ3) is 3.17. The van der Waals surface area contributed by atoms with Gasteiger partial charge in [0.2, 0.25) is 11.9 Å². The standard InChI is InChI=1S/C23H26ClN5O2/c1-27-12-9-23(20(27)31)16-29(21-25-10-2-11-26-21)15-22(23)7-13-28(14-8-22)19(30)17-3-5-18(24)6-4-17/h2-6,10-11H,7-9,12-16H2,1H3/t23-/m1/s1. The minimum absolute atomic E-state index is 0.0247. The van der Waals surface area contributed by atoms with Gasteiger partial charge < -0.3 is 14.7 Å². The van der Waals surface area contributed by atoms with Crippen LogP contribution in [0.15, 0.2) is 42.7 Å². The fourth-order valence-electron chi connectivity index (χ4n) is 5.78. The van der Waals surface area contributed by atoms with Crippen LogP contribution in [0.1, 0.15) is 29.6 Å². The van der Waals surface area contributed by atoms with E-state index >= 15 is 0 Å². The molecule has 1 aromatic heterocycles. The molecule has 0 saturated carbocycles. The monoisotopic (exact) mass is 439 g/mol. The predicted molar refractivity (Wildman–Crippen MR) is 118 cm³/mol. The second-order valence-corrected chi connectivity index (χ2v) is 9.48. The molecular weight excluding hydrogens is 414 g/mol. The summed E-state index contributed by atoms with van der Waals surface area (Å²) in [5.41, 5.74) is 0.0405. The maximum Gasteiger partial charge on any atom is 0.253 e. The van der Waals surface area contributed by atoms with E-state index < -0.39 is 5.41 Å². The number of likely N-dealkylation sites (tertiary alicyclic amines) is 2. The first-order valence-electron chi connectivity index (χ1n) is 10.8. The van der Waals surface area contributed by atoms with Crippen molar-refractivity contribution >= 4 is 29.4 Å². The highest BCUT2D eigenvalue weighted by atomic mass is 35.5. The van der Waals surface area contributed by atoms with Crippen molar-refractivity contribution in [2.75, 3.05) is 44.7 Å². The highest BCUT2D eigenvalue weighted by molar-refractivity contribution is 6.30. The van der Waals surface area contributed by atoms with E-state index in [4.69, 9.17) is 11.6 Å². The molecule has 8 heteroatoms. The van der Waals surface area contributed by atoms with Crippen LogP contribution in [-0.4, -0.2) is 71.4 Å². The van der Waals surface area contributed by atoms with Gasteiger partial charge in [-0.1, -0.05) is 11.6 Å². The average Bonchev–Trinajstić information content (AvgIpc) is 3.28. The number of amides is 2. The Morgan fingerprint density at radius 2 is 1.68 bits per heavy atom. The summed E-state index contributed by atoms with van der Waals surface area (Å²) >= 11 is 5.97. The van der Waals surface area contributed by atoms with Crippen LogP contribution in [0.5, 0.6) is 0 Å². The largest absolute Gasteiger partial charge is 0.345 e. The molecule has 2 aromatic rings. The van der Waals surface area contributed by atoms with Gasteiger partial charge in [0.25, 0.3) is 5.91 Å². The lowest BCUT2D eigenvalue weighted by Crippen LogP contribution is -2.53. The Morgan fingerprint density at radius 1 is 1.00 bits per heavy atom. The number of fused-ring (bicyclic) bond motifs is 1. The van der Waals surface area contributed by atoms with Gasteiger partial charge in [-0.15, -0.1) is 0 Å². The van der Waals surface area contributed by atoms with E-state index in [0.717, 1.165) is 32.4 Å². The van der Waals surface area contributed by atoms with Crippen molar-refractivity contribution in [3.63, 3.8) is 0 Å². The van der Waals surface area contributed by atoms with Crippen LogP contribution in [0.2, 0.25) is 5.02 Å². The molecule has 162 valence electrons. The van der Waals surface area contributed by atoms with E-state index in [-0.39, 0.29) is 17.2 Å². The van der Waals surface area contributed by atoms with Crippen LogP contribution < -0.4 is 4.90 Å². The SMILES string of the molecule is CN1CC[C@@]2(CN(c3ncccn3)CC23CCN(C(=O)c2ccc(Cl)cc2)CC3)C1=O. The molecule has 0 bridgehead atoms. The zero-order valence-corrected chi connectivity index (χ0v) is 18.4. The van der Waals surface area contributed by atoms with E-state index in [0.29, 0.717) is 36.2 Å². The van der Waals surface area contributed by atoms with Crippen molar-refractivity contribution in [2.45, 2.75) is 19.3 Å². The van der Waals surface area contributed by atoms with E-state index in [1.54, 1.807) is 42.7 Å². The number of hydrogen-bond acceptors (Lipinski definition) is 5. The van der Waals surface area contributed by atoms with Gasteiger partial charge in [-0.05, 0) is 49.6 Å². The summed E-state index contributed by atoms with van der Waals surface area (Å²) < 4.78 is 0. The van der Waals surface area contributed by atoms with Crippen molar-refractivity contribution in [2.24, 2.45) is 10.8 Å². The molecule has 0 unspecified atom stereocenters. The van der Waals surface area contributed by atoms with Crippen molar-refractivity contribution in [1.29, 1.82) is 0 Å². The molecule has 31 heavy (non-hydrogen) atoms. The van der Waals surface area contributed by atoms with Gasteiger partial charge in [-0.25, -0.2) is 9.97 Å². The number of carbonyl (C=O) groups excluding carboxylic acids is 2. The minimum atomic E-state index is -0.434. The fourth-order valence-corrected chi connectivity index (χ4v) is 5.91. The van der Waals surface area contributed by atoms with Crippen LogP contribution >= 0.6 is 11.6 Å². The highest BCUT2D eigenvalue weighted by Gasteiger charge is 2.65. The average molecular weight is 440 g/mol. The molecule has 1 atom stereocenters. The summed E-state index contributed by atoms with van der Waals surface area (Å²) in [5, 5.41) is 0.620. The number of piperidine rings is 1. The Bertz CT molecular complexity index is 991. The molecule has 3 saturated heterocycles. The molecule has 0 N–H and O–H groups in total. The number of anilines is 1. The normalized spacial score (nSPS) is 25.1. The van der Waals surface area contributed by atoms with Crippen LogP contribution in [0.3, 0.4) is 0 Å². The molecule has 4 heterocycles. The van der Waals surface area contributed by atoms with Crippen LogP contribution in [0, 0.1) is 10.8 Å². The van der Waals surface area contributed by atoms with Gasteiger partial charge in [0, 0.05) is 68.2 Å². The maximum atomic E-state index is 13.4. The summed E-state index contributed by atoms with van der Waals surface area (Å²) in [6.07, 6.45) is 5.94. The second-order valence-electron chi connectivity index (χ2n) is 9.04. The lowest BCUT2D eigenvalue weighted by molar-refractivity contribution is -0.140. The number of rotatable bonds is 2. The number of nitrogens with zero attached hydrogens (tertiary/aromatic N) is 5. The fraction of sp³-hybridized carbons (Fsp3) is 0.478. The molecule has 3 aliphatic rings. The number of benzene rings is 1. The van der Waals surface area contributed by atoms with Crippen molar-refractivity contribution in [3.05, 3.63) is 53.3 Å². The number of halogens is 1. The Morgan fingerprint density at radius 3 is 2.29 bits per heavy atom. The number of aromatic nitrogens is 2. The van der Waals surface area contributed by atoms with Gasteiger partial charge in [0.1, 0.15) is 0 Å². The highest BCUT2D eigenvalue weighted by Crippen LogP contribution is 2.58. The molecule has 2 spiro atoms. The lowest BCUT2D eigenvalue weighted by atomic mass is 9.60. The smallest absolute Gasteiger partial charge is 0.253 e. The molecule has 7 nitrogen and oxygen atoms in total. The molecule has 2 amide bonds. The summed E-state index contributed by atoms with van der Waals surface area (Å²) in [7, 11) is 1.89. The first kappa shape index (κ1) is 20.2. The Hall–Kier alpha value is -2.67. The van der Waals surface area contributed by atoms with Gasteiger partial charge in [-0.2, -0.15) is 0 Å². The van der Waals surface area contributed by atoms with Gasteiger partial charge in [0.15, 0.2) is 0 Å². The third-order valence-corrected chi connectivity index (χ3v) is 7.79. The molecular formula is C23H26ClN5O2. The second kappa shape index (κ2) is 7.48. The molecule has 3 fully saturated rings. The number of hydrogen-bond donors (Lipinski definition) is 0. The summed E-state index contributed by atoms with van der Waals surface area (Å²) in [6, 6.07) is 8.85. The summed E-state index contributed by atoms with van der Waals surface area (Å²) in [5.74, 6) is 0.931. The summed E-state index contributed by atoms with van der Waals surface area (Å²) in [6.45, 7) is 3.45. The lowest BCUT2D eigenvalue weighted by Gasteiger charge is -2.46. The Balaban J connectivity index is 1.40. The van der Waals surface area contributed by atoms with E-state index in [1.807, 2.05) is 16.8 Å². The maximum absolute atomic E-state index is 13.4. The Kier molecular flexibility index (Phi) is 4.88. The molecule has 1 aromatic carbocycles. The predicted octanol–water partition coefficient (Wildman–Crippen LogP) is 2.72. The van der Waals surface area contributed by atoms with E-state index in [1.165, 1.54) is 0 Å². The molecule has 3 aliphatic heterocycles. The van der Waals surface area contributed by atoms with Gasteiger partial charge >= 0.3 is 0 Å².